The lowest BCUT2D eigenvalue weighted by atomic mass is 10.3. The van der Waals surface area contributed by atoms with E-state index in [0.717, 1.165) is 0 Å². The van der Waals surface area contributed by atoms with Gasteiger partial charge in [-0.2, -0.15) is 0 Å². The molecule has 2 aliphatic heterocycles. The van der Waals surface area contributed by atoms with Gasteiger partial charge in [-0.1, -0.05) is 0 Å². The highest BCUT2D eigenvalue weighted by molar-refractivity contribution is 8.26. The van der Waals surface area contributed by atoms with Crippen LogP contribution in [0.4, 0.5) is 4.79 Å². The highest BCUT2D eigenvalue weighted by Gasteiger charge is 2.50. The Hall–Kier alpha value is -0.360. The third-order valence-electron chi connectivity index (χ3n) is 1.66. The molecule has 2 saturated heterocycles. The van der Waals surface area contributed by atoms with E-state index in [-0.39, 0.29) is 9.95 Å². The van der Waals surface area contributed by atoms with Crippen LogP contribution in [0.25, 0.3) is 0 Å². The molecule has 2 fully saturated rings. The van der Waals surface area contributed by atoms with E-state index in [0.29, 0.717) is 5.75 Å². The van der Waals surface area contributed by atoms with Gasteiger partial charge < -0.3 is 5.11 Å². The number of carboxylic acids is 1. The van der Waals surface area contributed by atoms with E-state index >= 15 is 0 Å². The van der Waals surface area contributed by atoms with E-state index < -0.39 is 12.0 Å². The zero-order chi connectivity index (χ0) is 8.01. The van der Waals surface area contributed by atoms with Crippen LogP contribution in [0.3, 0.4) is 0 Å². The normalized spacial score (nSPS) is 34.9. The summed E-state index contributed by atoms with van der Waals surface area (Å²) >= 11 is 2.73. The number of hydrogen-bond acceptors (Lipinski definition) is 4. The summed E-state index contributed by atoms with van der Waals surface area (Å²) in [5.74, 6) is -0.368. The number of aliphatic carboxylic acids is 1. The smallest absolute Gasteiger partial charge is 0.327 e. The monoisotopic (exact) mass is 191 g/mol. The molecule has 4 nitrogen and oxygen atoms in total. The molecule has 2 heterocycles. The highest BCUT2D eigenvalue weighted by Crippen LogP contribution is 2.47. The van der Waals surface area contributed by atoms with E-state index in [9.17, 15) is 9.59 Å². The van der Waals surface area contributed by atoms with Gasteiger partial charge >= 0.3 is 5.97 Å². The first kappa shape index (κ1) is 7.30. The Morgan fingerprint density at radius 2 is 2.45 bits per heavy atom. The summed E-state index contributed by atoms with van der Waals surface area (Å²) in [5.41, 5.74) is 0. The largest absolute Gasteiger partial charge is 0.480 e. The second-order valence-electron chi connectivity index (χ2n) is 2.29. The van der Waals surface area contributed by atoms with Gasteiger partial charge in [0, 0.05) is 5.75 Å². The first-order valence-corrected chi connectivity index (χ1v) is 4.96. The van der Waals surface area contributed by atoms with Crippen molar-refractivity contribution in [2.24, 2.45) is 0 Å². The van der Waals surface area contributed by atoms with Crippen molar-refractivity contribution in [3.8, 4) is 0 Å². The quantitative estimate of drug-likeness (QED) is 0.659. The maximum absolute atomic E-state index is 10.8. The van der Waals surface area contributed by atoms with Gasteiger partial charge in [-0.15, -0.1) is 11.8 Å². The fourth-order valence-electron chi connectivity index (χ4n) is 1.07. The van der Waals surface area contributed by atoms with E-state index in [1.54, 1.807) is 0 Å². The van der Waals surface area contributed by atoms with Gasteiger partial charge in [-0.3, -0.25) is 9.69 Å². The zero-order valence-corrected chi connectivity index (χ0v) is 7.02. The van der Waals surface area contributed by atoms with E-state index in [1.165, 1.54) is 28.4 Å². The molecule has 0 aliphatic carbocycles. The predicted molar refractivity (Wildman–Crippen MR) is 42.5 cm³/mol. The van der Waals surface area contributed by atoms with Crippen molar-refractivity contribution in [3.05, 3.63) is 0 Å². The number of hydrogen-bond donors (Lipinski definition) is 1. The van der Waals surface area contributed by atoms with Gasteiger partial charge in [0.1, 0.15) is 10.7 Å². The summed E-state index contributed by atoms with van der Waals surface area (Å²) in [5, 5.41) is 8.53. The topological polar surface area (TPSA) is 57.6 Å². The summed E-state index contributed by atoms with van der Waals surface area (Å²) in [6, 6.07) is -0.584. The number of carbonyl (C=O) groups excluding carboxylic acids is 1. The molecule has 11 heavy (non-hydrogen) atoms. The lowest BCUT2D eigenvalue weighted by Gasteiger charge is -2.34. The molecule has 0 saturated carbocycles. The fourth-order valence-corrected chi connectivity index (χ4v) is 3.67. The van der Waals surface area contributed by atoms with Crippen molar-refractivity contribution in [1.82, 2.24) is 4.90 Å². The lowest BCUT2D eigenvalue weighted by molar-refractivity contribution is -0.140. The molecule has 6 heteroatoms. The van der Waals surface area contributed by atoms with Crippen LogP contribution in [-0.4, -0.2) is 37.7 Å². The Balaban J connectivity index is 2.14. The Bertz CT molecular complexity index is 224. The molecule has 1 unspecified atom stereocenters. The van der Waals surface area contributed by atoms with E-state index in [1.807, 2.05) is 0 Å². The lowest BCUT2D eigenvalue weighted by Crippen LogP contribution is -2.49. The molecule has 0 bridgehead atoms. The number of rotatable bonds is 1. The summed E-state index contributed by atoms with van der Waals surface area (Å²) < 4.78 is 0.0728. The number of nitrogens with zero attached hydrogens (tertiary/aromatic N) is 1. The number of fused-ring (bicyclic) bond motifs is 1. The number of carbonyl (C=O) groups is 2. The van der Waals surface area contributed by atoms with Crippen LogP contribution in [0.2, 0.25) is 0 Å². The average Bonchev–Trinajstić information content (AvgIpc) is 2.25. The second-order valence-corrected chi connectivity index (χ2v) is 4.73. The third kappa shape index (κ3) is 0.927. The first-order chi connectivity index (χ1) is 5.20. The van der Waals surface area contributed by atoms with Crippen molar-refractivity contribution in [1.29, 1.82) is 0 Å². The highest BCUT2D eigenvalue weighted by atomic mass is 32.2. The second kappa shape index (κ2) is 2.31. The molecule has 2 rings (SSSR count). The first-order valence-electron chi connectivity index (χ1n) is 3.03. The van der Waals surface area contributed by atoms with Crippen LogP contribution < -0.4 is 0 Å². The Labute approximate surface area is 71.3 Å². The van der Waals surface area contributed by atoms with E-state index in [2.05, 4.69) is 0 Å². The fraction of sp³-hybridized carbons (Fsp3) is 0.600. The summed E-state index contributed by atoms with van der Waals surface area (Å²) in [6.07, 6.45) is 0. The van der Waals surface area contributed by atoms with Crippen LogP contribution in [-0.2, 0) is 4.79 Å². The minimum Gasteiger partial charge on any atom is -0.480 e. The molecule has 0 aromatic carbocycles. The van der Waals surface area contributed by atoms with Crippen molar-refractivity contribution < 1.29 is 14.7 Å². The Kier molecular flexibility index (Phi) is 1.53. The standard InChI is InChI=1S/C5H5NO3S2/c7-3(8)2-1-10-5-6(2)4(9)11-5/h2,5H,1H2,(H,7,8)/t2-,5?/m1/s1. The van der Waals surface area contributed by atoms with Gasteiger partial charge in [-0.25, -0.2) is 4.79 Å². The zero-order valence-electron chi connectivity index (χ0n) is 5.39. The molecule has 0 radical (unpaired) electrons. The summed E-state index contributed by atoms with van der Waals surface area (Å²) in [7, 11) is 0. The molecular weight excluding hydrogens is 186 g/mol. The minimum atomic E-state index is -0.895. The van der Waals surface area contributed by atoms with Crippen LogP contribution >= 0.6 is 23.5 Å². The number of thioether (sulfide) groups is 2. The molecule has 1 N–H and O–H groups in total. The molecule has 0 spiro atoms. The van der Waals surface area contributed by atoms with Crippen molar-refractivity contribution >= 4 is 34.7 Å². The molecule has 0 aromatic rings. The van der Waals surface area contributed by atoms with Crippen LogP contribution in [0.1, 0.15) is 0 Å². The molecule has 2 aliphatic rings. The molecular formula is C5H5NO3S2. The predicted octanol–water partition coefficient (Wildman–Crippen LogP) is 0.639. The van der Waals surface area contributed by atoms with Gasteiger partial charge in [0.05, 0.1) is 0 Å². The van der Waals surface area contributed by atoms with Crippen molar-refractivity contribution in [3.63, 3.8) is 0 Å². The molecule has 60 valence electrons. The summed E-state index contributed by atoms with van der Waals surface area (Å²) in [4.78, 5) is 22.8. The molecule has 0 aromatic heterocycles. The Morgan fingerprint density at radius 1 is 1.73 bits per heavy atom. The van der Waals surface area contributed by atoms with Gasteiger partial charge in [0.15, 0.2) is 0 Å². The Morgan fingerprint density at radius 3 is 2.91 bits per heavy atom. The van der Waals surface area contributed by atoms with Crippen LogP contribution in [0.15, 0.2) is 0 Å². The maximum Gasteiger partial charge on any atom is 0.327 e. The average molecular weight is 191 g/mol. The molecule has 2 atom stereocenters. The summed E-state index contributed by atoms with van der Waals surface area (Å²) in [6.45, 7) is 0. The van der Waals surface area contributed by atoms with Gasteiger partial charge in [-0.05, 0) is 11.8 Å². The SMILES string of the molecule is O=C(O)[C@H]1CSC2SC(=O)N21. The van der Waals surface area contributed by atoms with Gasteiger partial charge in [0.25, 0.3) is 5.24 Å². The van der Waals surface area contributed by atoms with Gasteiger partial charge in [0.2, 0.25) is 0 Å². The van der Waals surface area contributed by atoms with E-state index in [4.69, 9.17) is 5.11 Å². The molecule has 1 amide bonds. The number of carboxylic acid groups (broad SMARTS) is 1. The van der Waals surface area contributed by atoms with Crippen LogP contribution in [0, 0.1) is 0 Å². The van der Waals surface area contributed by atoms with Crippen LogP contribution in [0.5, 0.6) is 0 Å². The third-order valence-corrected chi connectivity index (χ3v) is 4.22. The van der Waals surface area contributed by atoms with Crippen molar-refractivity contribution in [2.45, 2.75) is 10.7 Å². The maximum atomic E-state index is 10.8. The minimum absolute atomic E-state index is 0.0728. The number of amides is 1. The van der Waals surface area contributed by atoms with Crippen molar-refractivity contribution in [2.75, 3.05) is 5.75 Å².